The lowest BCUT2D eigenvalue weighted by molar-refractivity contribution is -0.143. The summed E-state index contributed by atoms with van der Waals surface area (Å²) in [6, 6.07) is -0.637. The van der Waals surface area contributed by atoms with Crippen LogP contribution in [0.3, 0.4) is 0 Å². The Morgan fingerprint density at radius 1 is 0.394 bits per heavy atom. The molecule has 2 atom stereocenters. The van der Waals surface area contributed by atoms with Gasteiger partial charge in [0.1, 0.15) is 0 Å². The second-order valence-electron chi connectivity index (χ2n) is 21.4. The van der Waals surface area contributed by atoms with E-state index >= 15 is 0 Å². The summed E-state index contributed by atoms with van der Waals surface area (Å²) in [5.74, 6) is -0.0941. The van der Waals surface area contributed by atoms with Gasteiger partial charge in [-0.25, -0.2) is 0 Å². The number of allylic oxidation sites excluding steroid dienone is 7. The molecule has 0 aromatic rings. The Labute approximate surface area is 442 Å². The molecule has 0 saturated heterocycles. The molecule has 6 nitrogen and oxygen atoms in total. The molecule has 6 heteroatoms. The molecule has 3 N–H and O–H groups in total. The van der Waals surface area contributed by atoms with Crippen molar-refractivity contribution in [2.45, 2.75) is 341 Å². The minimum absolute atomic E-state index is 0.0175. The maximum absolute atomic E-state index is 12.5. The number of hydrogen-bond donors (Lipinski definition) is 3. The predicted molar refractivity (Wildman–Crippen MR) is 310 cm³/mol. The fourth-order valence-electron chi connectivity index (χ4n) is 9.50. The smallest absolute Gasteiger partial charge is 0.305 e. The second kappa shape index (κ2) is 60.4. The molecule has 0 spiro atoms. The van der Waals surface area contributed by atoms with E-state index in [1.54, 1.807) is 6.08 Å². The third-order valence-corrected chi connectivity index (χ3v) is 14.3. The van der Waals surface area contributed by atoms with Gasteiger partial charge in [0.15, 0.2) is 0 Å². The van der Waals surface area contributed by atoms with Crippen molar-refractivity contribution in [2.24, 2.45) is 0 Å². The van der Waals surface area contributed by atoms with Gasteiger partial charge in [-0.2, -0.15) is 0 Å². The van der Waals surface area contributed by atoms with Crippen LogP contribution >= 0.6 is 0 Å². The van der Waals surface area contributed by atoms with Gasteiger partial charge in [0.2, 0.25) is 5.91 Å². The average molecular weight is 997 g/mol. The van der Waals surface area contributed by atoms with E-state index in [0.717, 1.165) is 77.0 Å². The van der Waals surface area contributed by atoms with E-state index in [1.165, 1.54) is 225 Å². The number of ether oxygens (including phenoxy) is 1. The number of carbonyl (C=O) groups excluding carboxylic acids is 2. The van der Waals surface area contributed by atoms with E-state index in [0.29, 0.717) is 19.4 Å². The van der Waals surface area contributed by atoms with Crippen molar-refractivity contribution in [2.75, 3.05) is 13.2 Å². The number of amides is 1. The minimum atomic E-state index is -0.853. The first-order valence-corrected chi connectivity index (χ1v) is 31.4. The number of nitrogens with one attached hydrogen (secondary N) is 1. The van der Waals surface area contributed by atoms with Crippen molar-refractivity contribution in [3.8, 4) is 0 Å². The van der Waals surface area contributed by atoms with Crippen molar-refractivity contribution in [1.82, 2.24) is 5.32 Å². The third kappa shape index (κ3) is 57.0. The van der Waals surface area contributed by atoms with Crippen LogP contribution in [0.1, 0.15) is 328 Å². The van der Waals surface area contributed by atoms with Gasteiger partial charge in [0, 0.05) is 12.8 Å². The van der Waals surface area contributed by atoms with Crippen LogP contribution in [0.25, 0.3) is 0 Å². The average Bonchev–Trinajstić information content (AvgIpc) is 3.37. The van der Waals surface area contributed by atoms with E-state index in [2.05, 4.69) is 55.6 Å². The molecule has 2 unspecified atom stereocenters. The zero-order chi connectivity index (χ0) is 51.4. The Bertz CT molecular complexity index is 1190. The number of hydrogen-bond acceptors (Lipinski definition) is 5. The van der Waals surface area contributed by atoms with E-state index in [1.807, 2.05) is 6.08 Å². The highest BCUT2D eigenvalue weighted by Crippen LogP contribution is 2.17. The molecule has 71 heavy (non-hydrogen) atoms. The van der Waals surface area contributed by atoms with Gasteiger partial charge in [-0.15, -0.1) is 0 Å². The molecule has 1 amide bonds. The quantitative estimate of drug-likeness (QED) is 0.0244. The lowest BCUT2D eigenvalue weighted by atomic mass is 10.0. The molecule has 0 aromatic carbocycles. The van der Waals surface area contributed by atoms with Gasteiger partial charge >= 0.3 is 5.97 Å². The highest BCUT2D eigenvalue weighted by Gasteiger charge is 2.18. The number of rotatable bonds is 58. The molecule has 0 heterocycles. The lowest BCUT2D eigenvalue weighted by Crippen LogP contribution is -2.45. The van der Waals surface area contributed by atoms with Crippen LogP contribution in [-0.4, -0.2) is 47.4 Å². The Balaban J connectivity index is 3.50. The van der Waals surface area contributed by atoms with Crippen LogP contribution in [0.4, 0.5) is 0 Å². The zero-order valence-corrected chi connectivity index (χ0v) is 47.5. The molecular weight excluding hydrogens is 875 g/mol. The fourth-order valence-corrected chi connectivity index (χ4v) is 9.50. The number of aliphatic hydroxyl groups excluding tert-OH is 2. The summed E-state index contributed by atoms with van der Waals surface area (Å²) in [5, 5.41) is 23.2. The molecule has 0 rings (SSSR count). The minimum Gasteiger partial charge on any atom is -0.466 e. The van der Waals surface area contributed by atoms with Crippen LogP contribution in [0.2, 0.25) is 0 Å². The molecule has 0 radical (unpaired) electrons. The fraction of sp³-hybridized carbons (Fsp3) is 0.846. The first-order chi connectivity index (χ1) is 35.0. The topological polar surface area (TPSA) is 95.9 Å². The number of carbonyl (C=O) groups is 2. The molecule has 0 aliphatic carbocycles. The first-order valence-electron chi connectivity index (χ1n) is 31.4. The normalized spacial score (nSPS) is 12.9. The standard InChI is InChI=1S/C65H121NO5/c1-3-5-7-9-11-13-15-17-19-21-26-29-33-37-41-45-49-53-57-63(68)62(61-67)66-64(69)58-54-50-46-42-38-34-30-27-23-22-24-28-32-36-40-44-48-52-56-60-71-65(70)59-55-51-47-43-39-35-31-25-20-18-16-14-12-10-8-6-4-2/h18,20,28,32,36,40,53,57,62-63,67-68H,3-17,19,21-27,29-31,33-35,37-39,41-52,54-56,58-61H2,1-2H3,(H,66,69)/b20-18-,32-28-,40-36-,57-53+. The van der Waals surface area contributed by atoms with Gasteiger partial charge in [-0.3, -0.25) is 9.59 Å². The number of aliphatic hydroxyl groups is 2. The van der Waals surface area contributed by atoms with Gasteiger partial charge < -0.3 is 20.3 Å². The van der Waals surface area contributed by atoms with Crippen molar-refractivity contribution < 1.29 is 24.5 Å². The van der Waals surface area contributed by atoms with Crippen molar-refractivity contribution >= 4 is 11.9 Å². The van der Waals surface area contributed by atoms with Crippen molar-refractivity contribution in [3.63, 3.8) is 0 Å². The van der Waals surface area contributed by atoms with Crippen molar-refractivity contribution in [1.29, 1.82) is 0 Å². The van der Waals surface area contributed by atoms with E-state index in [9.17, 15) is 19.8 Å². The van der Waals surface area contributed by atoms with E-state index in [4.69, 9.17) is 4.74 Å². The van der Waals surface area contributed by atoms with Crippen LogP contribution in [0.5, 0.6) is 0 Å². The molecule has 0 bridgehead atoms. The molecule has 0 saturated carbocycles. The van der Waals surface area contributed by atoms with E-state index in [-0.39, 0.29) is 18.5 Å². The molecule has 0 aliphatic heterocycles. The lowest BCUT2D eigenvalue weighted by Gasteiger charge is -2.20. The largest absolute Gasteiger partial charge is 0.466 e. The Morgan fingerprint density at radius 2 is 0.704 bits per heavy atom. The molecule has 0 aromatic heterocycles. The Kier molecular flexibility index (Phi) is 58.5. The Hall–Kier alpha value is -2.18. The molecule has 416 valence electrons. The predicted octanol–water partition coefficient (Wildman–Crippen LogP) is 19.7. The Morgan fingerprint density at radius 3 is 1.08 bits per heavy atom. The monoisotopic (exact) mass is 996 g/mol. The SMILES string of the molecule is CCCCCCCC/C=C\CCCCCCCCCC(=O)OCCCCC/C=C\C=C/CCCCCCCCCCCCC(=O)NC(CO)C(O)/C=C/CCCCCCCCCCCCCCCCCC. The van der Waals surface area contributed by atoms with Crippen molar-refractivity contribution in [3.05, 3.63) is 48.6 Å². The number of unbranched alkanes of at least 4 members (excludes halogenated alkanes) is 42. The number of esters is 1. The molecular formula is C65H121NO5. The van der Waals surface area contributed by atoms with E-state index < -0.39 is 12.1 Å². The van der Waals surface area contributed by atoms with Crippen LogP contribution in [0, 0.1) is 0 Å². The van der Waals surface area contributed by atoms with Gasteiger partial charge in [-0.05, 0) is 89.9 Å². The van der Waals surface area contributed by atoms with Crippen LogP contribution in [-0.2, 0) is 14.3 Å². The molecule has 0 fully saturated rings. The summed E-state index contributed by atoms with van der Waals surface area (Å²) in [6.45, 7) is 4.87. The summed E-state index contributed by atoms with van der Waals surface area (Å²) in [4.78, 5) is 24.5. The summed E-state index contributed by atoms with van der Waals surface area (Å²) >= 11 is 0. The van der Waals surface area contributed by atoms with Crippen LogP contribution in [0.15, 0.2) is 48.6 Å². The summed E-state index contributed by atoms with van der Waals surface area (Å²) in [6.07, 6.45) is 77.2. The first kappa shape index (κ1) is 68.8. The summed E-state index contributed by atoms with van der Waals surface area (Å²) in [5.41, 5.74) is 0. The van der Waals surface area contributed by atoms with Gasteiger partial charge in [-0.1, -0.05) is 274 Å². The maximum atomic E-state index is 12.5. The highest BCUT2D eigenvalue weighted by molar-refractivity contribution is 5.76. The third-order valence-electron chi connectivity index (χ3n) is 14.3. The highest BCUT2D eigenvalue weighted by atomic mass is 16.5. The summed E-state index contributed by atoms with van der Waals surface area (Å²) in [7, 11) is 0. The van der Waals surface area contributed by atoms with Crippen LogP contribution < -0.4 is 5.32 Å². The zero-order valence-electron chi connectivity index (χ0n) is 47.5. The maximum Gasteiger partial charge on any atom is 0.305 e. The second-order valence-corrected chi connectivity index (χ2v) is 21.4. The van der Waals surface area contributed by atoms with Gasteiger partial charge in [0.25, 0.3) is 0 Å². The summed E-state index contributed by atoms with van der Waals surface area (Å²) < 4.78 is 5.46. The molecule has 0 aliphatic rings. The van der Waals surface area contributed by atoms with Gasteiger partial charge in [0.05, 0.1) is 25.4 Å².